The Labute approximate surface area is 94.8 Å². The van der Waals surface area contributed by atoms with Gasteiger partial charge < -0.3 is 19.7 Å². The van der Waals surface area contributed by atoms with E-state index in [4.69, 9.17) is 9.84 Å². The third-order valence-electron chi connectivity index (χ3n) is 2.61. The topological polar surface area (TPSA) is 79.2 Å². The molecule has 0 radical (unpaired) electrons. The van der Waals surface area contributed by atoms with Crippen molar-refractivity contribution < 1.29 is 24.5 Å². The standard InChI is InChI=1S/C10H19NO5/c1-15-10(14)9-6-8(13)7-11(9)2-4-16-5-3-12/h8-9,12-13H,2-7H2,1H3. The molecule has 0 saturated carbocycles. The third-order valence-corrected chi connectivity index (χ3v) is 2.61. The van der Waals surface area contributed by atoms with Crippen molar-refractivity contribution in [1.29, 1.82) is 0 Å². The first-order valence-corrected chi connectivity index (χ1v) is 5.37. The quantitative estimate of drug-likeness (QED) is 0.434. The molecule has 2 unspecified atom stereocenters. The molecule has 0 spiro atoms. The second kappa shape index (κ2) is 6.80. The van der Waals surface area contributed by atoms with Gasteiger partial charge in [0.15, 0.2) is 0 Å². The van der Waals surface area contributed by atoms with Crippen LogP contribution in [0.4, 0.5) is 0 Å². The Morgan fingerprint density at radius 3 is 2.88 bits per heavy atom. The molecule has 16 heavy (non-hydrogen) atoms. The number of aliphatic hydroxyl groups is 2. The average Bonchev–Trinajstić information content (AvgIpc) is 2.65. The first-order valence-electron chi connectivity index (χ1n) is 5.37. The van der Waals surface area contributed by atoms with Gasteiger partial charge in [-0.3, -0.25) is 9.69 Å². The summed E-state index contributed by atoms with van der Waals surface area (Å²) in [6.45, 7) is 1.72. The summed E-state index contributed by atoms with van der Waals surface area (Å²) in [6, 6.07) is -0.377. The van der Waals surface area contributed by atoms with Gasteiger partial charge in [0.05, 0.1) is 33.0 Å². The highest BCUT2D eigenvalue weighted by molar-refractivity contribution is 5.76. The summed E-state index contributed by atoms with van der Waals surface area (Å²) in [7, 11) is 1.34. The zero-order chi connectivity index (χ0) is 12.0. The molecule has 6 nitrogen and oxygen atoms in total. The molecule has 0 aromatic rings. The molecule has 94 valence electrons. The summed E-state index contributed by atoms with van der Waals surface area (Å²) in [5.74, 6) is -0.321. The Bertz CT molecular complexity index is 223. The molecule has 1 heterocycles. The summed E-state index contributed by atoms with van der Waals surface area (Å²) in [5, 5.41) is 18.0. The van der Waals surface area contributed by atoms with Crippen molar-refractivity contribution in [1.82, 2.24) is 4.90 Å². The number of carbonyl (C=O) groups excluding carboxylic acids is 1. The maximum Gasteiger partial charge on any atom is 0.323 e. The summed E-state index contributed by atoms with van der Waals surface area (Å²) in [6.07, 6.45) is -0.0749. The van der Waals surface area contributed by atoms with Crippen LogP contribution in [0.5, 0.6) is 0 Å². The second-order valence-electron chi connectivity index (χ2n) is 3.76. The SMILES string of the molecule is COC(=O)C1CC(O)CN1CCOCCO. The molecule has 0 bridgehead atoms. The Morgan fingerprint density at radius 2 is 2.25 bits per heavy atom. The smallest absolute Gasteiger partial charge is 0.323 e. The highest BCUT2D eigenvalue weighted by Gasteiger charge is 2.36. The summed E-state index contributed by atoms with van der Waals surface area (Å²) >= 11 is 0. The monoisotopic (exact) mass is 233 g/mol. The fourth-order valence-corrected chi connectivity index (χ4v) is 1.86. The minimum Gasteiger partial charge on any atom is -0.468 e. The van der Waals surface area contributed by atoms with Crippen molar-refractivity contribution in [2.45, 2.75) is 18.6 Å². The number of aliphatic hydroxyl groups excluding tert-OH is 2. The number of hydrogen-bond acceptors (Lipinski definition) is 6. The number of methoxy groups -OCH3 is 1. The van der Waals surface area contributed by atoms with Crippen LogP contribution < -0.4 is 0 Å². The minimum absolute atomic E-state index is 0.0109. The van der Waals surface area contributed by atoms with E-state index >= 15 is 0 Å². The summed E-state index contributed by atoms with van der Waals surface area (Å²) < 4.78 is 9.78. The first kappa shape index (κ1) is 13.4. The largest absolute Gasteiger partial charge is 0.468 e. The van der Waals surface area contributed by atoms with Crippen molar-refractivity contribution in [3.05, 3.63) is 0 Å². The molecule has 2 atom stereocenters. The molecule has 0 aromatic carbocycles. The van der Waals surface area contributed by atoms with Crippen molar-refractivity contribution in [3.8, 4) is 0 Å². The Morgan fingerprint density at radius 1 is 1.50 bits per heavy atom. The average molecular weight is 233 g/mol. The van der Waals surface area contributed by atoms with Crippen LogP contribution in [0.1, 0.15) is 6.42 Å². The summed E-state index contributed by atoms with van der Waals surface area (Å²) in [4.78, 5) is 13.2. The van der Waals surface area contributed by atoms with Gasteiger partial charge in [-0.25, -0.2) is 0 Å². The molecule has 1 aliphatic heterocycles. The van der Waals surface area contributed by atoms with Crippen LogP contribution in [0.25, 0.3) is 0 Å². The van der Waals surface area contributed by atoms with Crippen molar-refractivity contribution in [2.75, 3.05) is 40.0 Å². The number of ether oxygens (including phenoxy) is 2. The molecule has 1 rings (SSSR count). The van der Waals surface area contributed by atoms with Crippen LogP contribution in [-0.4, -0.2) is 73.2 Å². The number of rotatable bonds is 6. The molecule has 0 aromatic heterocycles. The van der Waals surface area contributed by atoms with Gasteiger partial charge in [-0.2, -0.15) is 0 Å². The molecule has 0 aliphatic carbocycles. The van der Waals surface area contributed by atoms with Gasteiger partial charge in [-0.15, -0.1) is 0 Å². The molecule has 1 aliphatic rings. The highest BCUT2D eigenvalue weighted by atomic mass is 16.5. The molecule has 0 amide bonds. The van der Waals surface area contributed by atoms with E-state index in [0.29, 0.717) is 32.7 Å². The first-order chi connectivity index (χ1) is 7.69. The number of carbonyl (C=O) groups is 1. The van der Waals surface area contributed by atoms with Gasteiger partial charge in [0.25, 0.3) is 0 Å². The van der Waals surface area contributed by atoms with E-state index in [1.165, 1.54) is 7.11 Å². The fourth-order valence-electron chi connectivity index (χ4n) is 1.86. The number of esters is 1. The van der Waals surface area contributed by atoms with Crippen molar-refractivity contribution >= 4 is 5.97 Å². The minimum atomic E-state index is -0.484. The molecule has 6 heteroatoms. The number of hydrogen-bond donors (Lipinski definition) is 2. The van der Waals surface area contributed by atoms with Crippen LogP contribution >= 0.6 is 0 Å². The number of likely N-dealkylation sites (tertiary alicyclic amines) is 1. The number of nitrogens with zero attached hydrogens (tertiary/aromatic N) is 1. The van der Waals surface area contributed by atoms with E-state index in [-0.39, 0.29) is 18.6 Å². The third kappa shape index (κ3) is 3.71. The lowest BCUT2D eigenvalue weighted by Crippen LogP contribution is -2.39. The van der Waals surface area contributed by atoms with Gasteiger partial charge >= 0.3 is 5.97 Å². The maximum atomic E-state index is 11.4. The van der Waals surface area contributed by atoms with Gasteiger partial charge in [-0.05, 0) is 0 Å². The molecule has 1 fully saturated rings. The van der Waals surface area contributed by atoms with Crippen molar-refractivity contribution in [3.63, 3.8) is 0 Å². The van der Waals surface area contributed by atoms with E-state index < -0.39 is 6.10 Å². The Hall–Kier alpha value is -0.690. The molecular weight excluding hydrogens is 214 g/mol. The van der Waals surface area contributed by atoms with Crippen LogP contribution in [0, 0.1) is 0 Å². The maximum absolute atomic E-state index is 11.4. The van der Waals surface area contributed by atoms with Crippen LogP contribution in [0.3, 0.4) is 0 Å². The van der Waals surface area contributed by atoms with E-state index in [9.17, 15) is 9.90 Å². The van der Waals surface area contributed by atoms with E-state index in [2.05, 4.69) is 4.74 Å². The Balaban J connectivity index is 2.34. The van der Waals surface area contributed by atoms with Gasteiger partial charge in [0.2, 0.25) is 0 Å². The van der Waals surface area contributed by atoms with Crippen molar-refractivity contribution in [2.24, 2.45) is 0 Å². The zero-order valence-corrected chi connectivity index (χ0v) is 9.46. The van der Waals surface area contributed by atoms with Crippen LogP contribution in [-0.2, 0) is 14.3 Å². The predicted octanol–water partition coefficient (Wildman–Crippen LogP) is -1.40. The van der Waals surface area contributed by atoms with Crippen LogP contribution in [0.15, 0.2) is 0 Å². The number of β-amino-alcohol motifs (C(OH)–C–C–N with tert-alkyl or cyclic N) is 1. The Kier molecular flexibility index (Phi) is 5.68. The molecular formula is C10H19NO5. The fraction of sp³-hybridized carbons (Fsp3) is 0.900. The lowest BCUT2D eigenvalue weighted by molar-refractivity contribution is -0.146. The van der Waals surface area contributed by atoms with E-state index in [0.717, 1.165) is 0 Å². The van der Waals surface area contributed by atoms with Gasteiger partial charge in [0.1, 0.15) is 6.04 Å². The lowest BCUT2D eigenvalue weighted by atomic mass is 10.2. The lowest BCUT2D eigenvalue weighted by Gasteiger charge is -2.21. The summed E-state index contributed by atoms with van der Waals surface area (Å²) in [5.41, 5.74) is 0. The van der Waals surface area contributed by atoms with Gasteiger partial charge in [0, 0.05) is 19.5 Å². The van der Waals surface area contributed by atoms with Crippen LogP contribution in [0.2, 0.25) is 0 Å². The molecule has 2 N–H and O–H groups in total. The van der Waals surface area contributed by atoms with E-state index in [1.54, 1.807) is 0 Å². The highest BCUT2D eigenvalue weighted by Crippen LogP contribution is 2.18. The molecule has 1 saturated heterocycles. The normalized spacial score (nSPS) is 25.9. The van der Waals surface area contributed by atoms with Gasteiger partial charge in [-0.1, -0.05) is 0 Å². The predicted molar refractivity (Wildman–Crippen MR) is 55.9 cm³/mol. The second-order valence-corrected chi connectivity index (χ2v) is 3.76. The zero-order valence-electron chi connectivity index (χ0n) is 9.46. The van der Waals surface area contributed by atoms with E-state index in [1.807, 2.05) is 4.90 Å².